The Morgan fingerprint density at radius 3 is 2.73 bits per heavy atom. The van der Waals surface area contributed by atoms with Gasteiger partial charge in [0, 0.05) is 19.3 Å². The maximum atomic E-state index is 10.7. The highest BCUT2D eigenvalue weighted by Gasteiger charge is 2.03. The van der Waals surface area contributed by atoms with E-state index in [-0.39, 0.29) is 6.04 Å². The molecular weight excluding hydrogens is 146 g/mol. The second kappa shape index (κ2) is 4.68. The van der Waals surface area contributed by atoms with Crippen LogP contribution in [-0.4, -0.2) is 37.5 Å². The summed E-state index contributed by atoms with van der Waals surface area (Å²) >= 11 is 0. The second-order valence-corrected chi connectivity index (χ2v) is 2.12. The normalized spacial score (nSPS) is 13.1. The predicted molar refractivity (Wildman–Crippen MR) is 42.3 cm³/mol. The van der Waals surface area contributed by atoms with E-state index < -0.39 is 6.09 Å². The average molecular weight is 159 g/mol. The number of carbonyl (C=O) groups excluding carboxylic acids is 1. The maximum Gasteiger partial charge on any atom is 0.429 e. The Kier molecular flexibility index (Phi) is 4.21. The van der Waals surface area contributed by atoms with Crippen LogP contribution in [0.2, 0.25) is 0 Å². The van der Waals surface area contributed by atoms with Crippen LogP contribution in [0.4, 0.5) is 4.79 Å². The first-order valence-corrected chi connectivity index (χ1v) is 3.19. The van der Waals surface area contributed by atoms with Crippen LogP contribution < -0.4 is 5.73 Å². The highest BCUT2D eigenvalue weighted by atomic mass is 16.5. The van der Waals surface area contributed by atoms with E-state index in [1.165, 1.54) is 20.4 Å². The molecule has 0 saturated heterocycles. The Bertz CT molecular complexity index is 156. The summed E-state index contributed by atoms with van der Waals surface area (Å²) in [6, 6.07) is -0.165. The molecule has 0 saturated carbocycles. The maximum absolute atomic E-state index is 10.7. The molecule has 0 heterocycles. The van der Waals surface area contributed by atoms with Gasteiger partial charge < -0.3 is 10.5 Å². The van der Waals surface area contributed by atoms with Gasteiger partial charge in [0.05, 0.1) is 7.11 Å². The zero-order valence-corrected chi connectivity index (χ0v) is 6.94. The van der Waals surface area contributed by atoms with Gasteiger partial charge in [0.15, 0.2) is 0 Å². The minimum absolute atomic E-state index is 0.165. The zero-order valence-electron chi connectivity index (χ0n) is 6.94. The molecule has 0 fully saturated rings. The van der Waals surface area contributed by atoms with E-state index in [9.17, 15) is 4.79 Å². The first-order chi connectivity index (χ1) is 5.07. The van der Waals surface area contributed by atoms with Crippen LogP contribution in [-0.2, 0) is 4.74 Å². The number of ether oxygens (including phenoxy) is 1. The molecule has 1 amide bonds. The van der Waals surface area contributed by atoms with Crippen molar-refractivity contribution in [1.82, 2.24) is 5.01 Å². The largest absolute Gasteiger partial charge is 0.451 e. The van der Waals surface area contributed by atoms with Crippen molar-refractivity contribution in [3.8, 4) is 0 Å². The second-order valence-electron chi connectivity index (χ2n) is 2.12. The van der Waals surface area contributed by atoms with Crippen LogP contribution in [0.25, 0.3) is 0 Å². The molecule has 0 aliphatic heterocycles. The summed E-state index contributed by atoms with van der Waals surface area (Å²) in [4.78, 5) is 10.7. The number of rotatable bonds is 2. The summed E-state index contributed by atoms with van der Waals surface area (Å²) in [6.07, 6.45) is 0.943. The molecule has 0 rings (SSSR count). The molecule has 64 valence electrons. The van der Waals surface area contributed by atoms with E-state index >= 15 is 0 Å². The first-order valence-electron chi connectivity index (χ1n) is 3.19. The Labute approximate surface area is 65.8 Å². The third-order valence-electron chi connectivity index (χ3n) is 0.914. The van der Waals surface area contributed by atoms with Crippen LogP contribution in [0.5, 0.6) is 0 Å². The lowest BCUT2D eigenvalue weighted by atomic mass is 10.4. The number of nitrogens with two attached hydrogens (primary N) is 1. The number of nitrogens with zero attached hydrogens (tertiary/aromatic N) is 2. The summed E-state index contributed by atoms with van der Waals surface area (Å²) in [5.41, 5.74) is 5.35. The van der Waals surface area contributed by atoms with Crippen LogP contribution in [0.3, 0.4) is 0 Å². The Balaban J connectivity index is 3.86. The van der Waals surface area contributed by atoms with E-state index in [2.05, 4.69) is 9.84 Å². The van der Waals surface area contributed by atoms with Gasteiger partial charge in [-0.05, 0) is 6.92 Å². The van der Waals surface area contributed by atoms with Crippen molar-refractivity contribution in [3.05, 3.63) is 0 Å². The third kappa shape index (κ3) is 4.32. The van der Waals surface area contributed by atoms with Gasteiger partial charge in [0.25, 0.3) is 0 Å². The summed E-state index contributed by atoms with van der Waals surface area (Å²) in [5, 5.41) is 4.78. The molecule has 0 aromatic heterocycles. The lowest BCUT2D eigenvalue weighted by molar-refractivity contribution is 0.135. The van der Waals surface area contributed by atoms with Crippen LogP contribution in [0.1, 0.15) is 6.92 Å². The Morgan fingerprint density at radius 2 is 2.36 bits per heavy atom. The van der Waals surface area contributed by atoms with Gasteiger partial charge in [-0.2, -0.15) is 5.10 Å². The van der Waals surface area contributed by atoms with Gasteiger partial charge in [-0.15, -0.1) is 0 Å². The molecule has 5 heteroatoms. The molecule has 2 N–H and O–H groups in total. The van der Waals surface area contributed by atoms with Crippen molar-refractivity contribution in [2.45, 2.75) is 13.0 Å². The van der Waals surface area contributed by atoms with E-state index in [1.54, 1.807) is 6.92 Å². The highest BCUT2D eigenvalue weighted by Crippen LogP contribution is 1.87. The Morgan fingerprint density at radius 1 is 1.82 bits per heavy atom. The fraction of sp³-hybridized carbons (Fsp3) is 0.667. The molecule has 0 aromatic carbocycles. The fourth-order valence-electron chi connectivity index (χ4n) is 0.384. The Hall–Kier alpha value is -1.10. The van der Waals surface area contributed by atoms with E-state index in [1.807, 2.05) is 0 Å². The molecule has 0 aromatic rings. The van der Waals surface area contributed by atoms with Gasteiger partial charge >= 0.3 is 6.09 Å². The summed E-state index contributed by atoms with van der Waals surface area (Å²) in [6.45, 7) is 1.76. The van der Waals surface area contributed by atoms with Crippen LogP contribution in [0, 0.1) is 0 Å². The van der Waals surface area contributed by atoms with E-state index in [4.69, 9.17) is 5.73 Å². The molecule has 0 spiro atoms. The smallest absolute Gasteiger partial charge is 0.429 e. The van der Waals surface area contributed by atoms with E-state index in [0.717, 1.165) is 5.01 Å². The van der Waals surface area contributed by atoms with Crippen molar-refractivity contribution in [3.63, 3.8) is 0 Å². The molecule has 5 nitrogen and oxygen atoms in total. The molecule has 0 radical (unpaired) electrons. The highest BCUT2D eigenvalue weighted by molar-refractivity contribution is 5.70. The number of amides is 1. The lowest BCUT2D eigenvalue weighted by Gasteiger charge is -2.08. The average Bonchev–Trinajstić information content (AvgIpc) is 1.98. The van der Waals surface area contributed by atoms with Crippen molar-refractivity contribution < 1.29 is 9.53 Å². The summed E-state index contributed by atoms with van der Waals surface area (Å²) in [7, 11) is 2.78. The van der Waals surface area contributed by atoms with Crippen LogP contribution in [0.15, 0.2) is 5.10 Å². The molecule has 0 aliphatic carbocycles. The SMILES string of the molecule is COC(=O)N(C)/N=C/C(C)N. The minimum atomic E-state index is -0.512. The van der Waals surface area contributed by atoms with Gasteiger partial charge in [0.2, 0.25) is 0 Å². The van der Waals surface area contributed by atoms with Crippen molar-refractivity contribution >= 4 is 12.3 Å². The van der Waals surface area contributed by atoms with Gasteiger partial charge in [-0.3, -0.25) is 0 Å². The summed E-state index contributed by atoms with van der Waals surface area (Å²) < 4.78 is 4.38. The predicted octanol–water partition coefficient (Wildman–Crippen LogP) is 0.0176. The van der Waals surface area contributed by atoms with Crippen LogP contribution >= 0.6 is 0 Å². The molecule has 1 atom stereocenters. The molecule has 11 heavy (non-hydrogen) atoms. The number of hydrogen-bond donors (Lipinski definition) is 1. The van der Waals surface area contributed by atoms with E-state index in [0.29, 0.717) is 0 Å². The van der Waals surface area contributed by atoms with Crippen molar-refractivity contribution in [2.75, 3.05) is 14.2 Å². The zero-order chi connectivity index (χ0) is 8.85. The van der Waals surface area contributed by atoms with Gasteiger partial charge in [-0.25, -0.2) is 9.80 Å². The molecule has 0 aliphatic rings. The van der Waals surface area contributed by atoms with Crippen molar-refractivity contribution in [2.24, 2.45) is 10.8 Å². The first kappa shape index (κ1) is 9.90. The molecular formula is C6H13N3O2. The summed E-state index contributed by atoms with van der Waals surface area (Å²) in [5.74, 6) is 0. The number of hydrazone groups is 1. The number of carbonyl (C=O) groups is 1. The topological polar surface area (TPSA) is 67.9 Å². The molecule has 0 bridgehead atoms. The standard InChI is InChI=1S/C6H13N3O2/c1-5(7)4-8-9(2)6(10)11-3/h4-5H,7H2,1-3H3/b8-4+. The quantitative estimate of drug-likeness (QED) is 0.456. The van der Waals surface area contributed by atoms with Gasteiger partial charge in [-0.1, -0.05) is 0 Å². The number of methoxy groups -OCH3 is 1. The lowest BCUT2D eigenvalue weighted by Crippen LogP contribution is -2.24. The van der Waals surface area contributed by atoms with Crippen molar-refractivity contribution in [1.29, 1.82) is 0 Å². The minimum Gasteiger partial charge on any atom is -0.451 e. The third-order valence-corrected chi connectivity index (χ3v) is 0.914. The fourth-order valence-corrected chi connectivity index (χ4v) is 0.384. The molecule has 1 unspecified atom stereocenters. The monoisotopic (exact) mass is 159 g/mol. The number of hydrogen-bond acceptors (Lipinski definition) is 4. The van der Waals surface area contributed by atoms with Gasteiger partial charge in [0.1, 0.15) is 0 Å².